The molecule has 0 saturated carbocycles. The number of hydrogen-bond donors (Lipinski definition) is 0. The highest BCUT2D eigenvalue weighted by Gasteiger charge is 1.92. The van der Waals surface area contributed by atoms with E-state index in [0.717, 1.165) is 0 Å². The van der Waals surface area contributed by atoms with Crippen molar-refractivity contribution in [1.29, 1.82) is 0 Å². The molecule has 0 aromatic heterocycles. The van der Waals surface area contributed by atoms with Crippen LogP contribution >= 0.6 is 25.8 Å². The first-order valence-electron chi connectivity index (χ1n) is 3.50. The van der Waals surface area contributed by atoms with E-state index < -0.39 is 0 Å². The molecule has 0 saturated heterocycles. The Labute approximate surface area is 100 Å². The summed E-state index contributed by atoms with van der Waals surface area (Å²) in [6, 6.07) is 8.40. The summed E-state index contributed by atoms with van der Waals surface area (Å²) in [6.07, 6.45) is 0. The van der Waals surface area contributed by atoms with Crippen molar-refractivity contribution in [3.05, 3.63) is 24.3 Å². The van der Waals surface area contributed by atoms with Gasteiger partial charge in [0.15, 0.2) is 0 Å². The van der Waals surface area contributed by atoms with Gasteiger partial charge in [-0.2, -0.15) is 0 Å². The van der Waals surface area contributed by atoms with E-state index in [2.05, 4.69) is 31.8 Å². The van der Waals surface area contributed by atoms with Gasteiger partial charge < -0.3 is 9.47 Å². The molecule has 0 aliphatic rings. The lowest BCUT2D eigenvalue weighted by atomic mass is 10.3. The van der Waals surface area contributed by atoms with Crippen LogP contribution in [0.1, 0.15) is 0 Å². The molecule has 0 spiro atoms. The Bertz CT molecular complexity index is 214. The molecule has 5 heteroatoms. The molecule has 2 nitrogen and oxygen atoms in total. The SMILES string of the molecule is COc1[c]c(OC)ccc1.[Br][Mg][Br]. The predicted octanol–water partition coefficient (Wildman–Crippen LogP) is 2.81. The van der Waals surface area contributed by atoms with Gasteiger partial charge in [-0.05, 0) is 12.1 Å². The van der Waals surface area contributed by atoms with Gasteiger partial charge in [-0.15, -0.1) is 0 Å². The first-order chi connectivity index (χ1) is 6.28. The molecule has 0 aliphatic carbocycles. The van der Waals surface area contributed by atoms with Crippen LogP contribution in [0.15, 0.2) is 18.2 Å². The molecule has 0 bridgehead atoms. The summed E-state index contributed by atoms with van der Waals surface area (Å²) in [5.74, 6) is 1.39. The second-order valence-electron chi connectivity index (χ2n) is 1.89. The maximum atomic E-state index is 4.92. The van der Waals surface area contributed by atoms with Crippen molar-refractivity contribution >= 4 is 41.8 Å². The van der Waals surface area contributed by atoms with E-state index in [1.54, 1.807) is 14.2 Å². The van der Waals surface area contributed by atoms with E-state index in [0.29, 0.717) is 11.5 Å². The summed E-state index contributed by atoms with van der Waals surface area (Å²) in [5, 5.41) is 0. The molecule has 1 radical (unpaired) electrons. The normalized spacial score (nSPS) is 7.69. The number of ether oxygens (including phenoxy) is 2. The van der Waals surface area contributed by atoms with Crippen LogP contribution in [0.2, 0.25) is 0 Å². The van der Waals surface area contributed by atoms with Crippen molar-refractivity contribution in [3.8, 4) is 11.5 Å². The molecule has 69 valence electrons. The zero-order valence-electron chi connectivity index (χ0n) is 7.51. The predicted molar refractivity (Wildman–Crippen MR) is 62.0 cm³/mol. The molecule has 0 N–H and O–H groups in total. The monoisotopic (exact) mass is 319 g/mol. The smallest absolute Gasteiger partial charge is 0.496 e. The van der Waals surface area contributed by atoms with Crippen molar-refractivity contribution < 1.29 is 9.47 Å². The standard InChI is InChI=1S/C8H9O2.2BrH.Mg/c1-9-7-4-3-5-8(6-7)10-2;;;/h3-5H,1-2H3;2*1H;/q;;;+2/p-2. The van der Waals surface area contributed by atoms with Crippen LogP contribution in [0, 0.1) is 6.07 Å². The molecule has 1 rings (SSSR count). The molecule has 0 heterocycles. The van der Waals surface area contributed by atoms with Crippen molar-refractivity contribution in [2.45, 2.75) is 0 Å². The summed E-state index contributed by atoms with van der Waals surface area (Å²) in [6.45, 7) is 0. The fraction of sp³-hybridized carbons (Fsp3) is 0.250. The van der Waals surface area contributed by atoms with Gasteiger partial charge >= 0.3 is 16.0 Å². The minimum atomic E-state index is 0.0417. The second-order valence-corrected chi connectivity index (χ2v) is 9.97. The third-order valence-electron chi connectivity index (χ3n) is 1.18. The maximum Gasteiger partial charge on any atom is 0.560 e. The van der Waals surface area contributed by atoms with E-state index in [1.807, 2.05) is 18.2 Å². The third kappa shape index (κ3) is 6.59. The summed E-state index contributed by atoms with van der Waals surface area (Å²) in [7, 11) is 3.20. The zero-order valence-corrected chi connectivity index (χ0v) is 12.1. The minimum Gasteiger partial charge on any atom is -0.496 e. The van der Waals surface area contributed by atoms with Gasteiger partial charge in [-0.3, -0.25) is 25.8 Å². The highest BCUT2D eigenvalue weighted by Crippen LogP contribution is 2.16. The fourth-order valence-electron chi connectivity index (χ4n) is 0.666. The Morgan fingerprint density at radius 3 is 1.85 bits per heavy atom. The van der Waals surface area contributed by atoms with Gasteiger partial charge in [0.05, 0.1) is 20.3 Å². The zero-order chi connectivity index (χ0) is 10.1. The average Bonchev–Trinajstić information content (AvgIpc) is 2.19. The molecule has 0 fully saturated rings. The number of methoxy groups -OCH3 is 2. The van der Waals surface area contributed by atoms with Gasteiger partial charge in [-0.25, -0.2) is 0 Å². The van der Waals surface area contributed by atoms with E-state index >= 15 is 0 Å². The van der Waals surface area contributed by atoms with Crippen molar-refractivity contribution in [3.63, 3.8) is 0 Å². The Kier molecular flexibility index (Phi) is 9.50. The van der Waals surface area contributed by atoms with Crippen molar-refractivity contribution in [1.82, 2.24) is 0 Å². The minimum absolute atomic E-state index is 0.0417. The van der Waals surface area contributed by atoms with Crippen LogP contribution in [-0.4, -0.2) is 30.2 Å². The van der Waals surface area contributed by atoms with Gasteiger partial charge in [0.2, 0.25) is 0 Å². The number of halogens is 2. The van der Waals surface area contributed by atoms with Crippen LogP contribution in [-0.2, 0) is 0 Å². The number of rotatable bonds is 2. The topological polar surface area (TPSA) is 18.5 Å². The lowest BCUT2D eigenvalue weighted by molar-refractivity contribution is 0.392. The van der Waals surface area contributed by atoms with Crippen molar-refractivity contribution in [2.75, 3.05) is 14.2 Å². The number of benzene rings is 1. The highest BCUT2D eigenvalue weighted by molar-refractivity contribution is 9.47. The maximum absolute atomic E-state index is 4.92. The van der Waals surface area contributed by atoms with Crippen LogP contribution in [0.25, 0.3) is 0 Å². The Morgan fingerprint density at radius 2 is 1.54 bits per heavy atom. The molecule has 0 amide bonds. The first kappa shape index (κ1) is 13.5. The summed E-state index contributed by atoms with van der Waals surface area (Å²) in [5.41, 5.74) is 0. The average molecular weight is 321 g/mol. The van der Waals surface area contributed by atoms with Crippen molar-refractivity contribution in [2.24, 2.45) is 0 Å². The molecular formula is C8H9Br2MgO2. The second kappa shape index (κ2) is 9.12. The molecule has 0 aliphatic heterocycles. The quantitative estimate of drug-likeness (QED) is 0.780. The molecule has 13 heavy (non-hydrogen) atoms. The third-order valence-corrected chi connectivity index (χ3v) is 1.18. The Hall–Kier alpha value is 0.546. The Balaban J connectivity index is 0.000000424. The molecule has 1 aromatic rings. The van der Waals surface area contributed by atoms with Crippen LogP contribution in [0.5, 0.6) is 11.5 Å². The Morgan fingerprint density at radius 1 is 1.15 bits per heavy atom. The summed E-state index contributed by atoms with van der Waals surface area (Å²) < 4.78 is 9.84. The first-order valence-corrected chi connectivity index (χ1v) is 11.3. The molecule has 1 aromatic carbocycles. The van der Waals surface area contributed by atoms with Gasteiger partial charge in [0, 0.05) is 0 Å². The van der Waals surface area contributed by atoms with Crippen LogP contribution < -0.4 is 9.47 Å². The number of hydrogen-bond acceptors (Lipinski definition) is 2. The van der Waals surface area contributed by atoms with E-state index in [4.69, 9.17) is 9.47 Å². The van der Waals surface area contributed by atoms with Crippen LogP contribution in [0.4, 0.5) is 0 Å². The molecular weight excluding hydrogens is 312 g/mol. The van der Waals surface area contributed by atoms with Gasteiger partial charge in [-0.1, -0.05) is 6.07 Å². The van der Waals surface area contributed by atoms with Crippen LogP contribution in [0.3, 0.4) is 0 Å². The highest BCUT2D eigenvalue weighted by atomic mass is 79.9. The molecule has 0 unspecified atom stereocenters. The lowest BCUT2D eigenvalue weighted by Crippen LogP contribution is -1.85. The van der Waals surface area contributed by atoms with E-state index in [1.165, 1.54) is 0 Å². The van der Waals surface area contributed by atoms with Gasteiger partial charge in [0.25, 0.3) is 0 Å². The molecule has 0 atom stereocenters. The van der Waals surface area contributed by atoms with E-state index in [-0.39, 0.29) is 16.0 Å². The largest absolute Gasteiger partial charge is 0.560 e. The summed E-state index contributed by atoms with van der Waals surface area (Å²) in [4.78, 5) is 0. The summed E-state index contributed by atoms with van der Waals surface area (Å²) >= 11 is 6.44. The van der Waals surface area contributed by atoms with Gasteiger partial charge in [0.1, 0.15) is 11.5 Å². The lowest BCUT2D eigenvalue weighted by Gasteiger charge is -2.00. The van der Waals surface area contributed by atoms with E-state index in [9.17, 15) is 0 Å². The fourth-order valence-corrected chi connectivity index (χ4v) is 0.666.